The molecule has 0 aliphatic rings. The van der Waals surface area contributed by atoms with Gasteiger partial charge in [-0.25, -0.2) is 0 Å². The van der Waals surface area contributed by atoms with Gasteiger partial charge in [0.2, 0.25) is 0 Å². The van der Waals surface area contributed by atoms with Crippen molar-refractivity contribution in [1.29, 1.82) is 0 Å². The first-order valence-electron chi connectivity index (χ1n) is 15.6. The van der Waals surface area contributed by atoms with Crippen LogP contribution in [0.15, 0.2) is 103 Å². The Kier molecular flexibility index (Phi) is 10.5. The fourth-order valence-electron chi connectivity index (χ4n) is 6.11. The fraction of sp³-hybridized carbons (Fsp3) is 0.368. The van der Waals surface area contributed by atoms with Crippen LogP contribution in [-0.4, -0.2) is 47.5 Å². The normalized spacial score (nSPS) is 15.1. The van der Waals surface area contributed by atoms with Crippen molar-refractivity contribution >= 4 is 29.3 Å². The van der Waals surface area contributed by atoms with Gasteiger partial charge in [0.1, 0.15) is 0 Å². The molecule has 2 nitrogen and oxygen atoms in total. The second kappa shape index (κ2) is 13.2. The van der Waals surface area contributed by atoms with E-state index in [4.69, 9.17) is 0 Å². The van der Waals surface area contributed by atoms with Crippen LogP contribution in [0.3, 0.4) is 0 Å². The van der Waals surface area contributed by atoms with Crippen LogP contribution in [0.2, 0.25) is 4.37 Å². The summed E-state index contributed by atoms with van der Waals surface area (Å²) in [5, 5.41) is 22.8. The van der Waals surface area contributed by atoms with E-state index in [1.165, 1.54) is 42.5 Å². The molecular weight excluding hydrogens is 781 g/mol. The minimum absolute atomic E-state index is 0.0535. The molecular formula is C38H39F9O2Sb. The van der Waals surface area contributed by atoms with E-state index in [0.717, 1.165) is 30.3 Å². The van der Waals surface area contributed by atoms with E-state index in [-0.39, 0.29) is 7.02 Å². The molecule has 0 spiro atoms. The molecule has 0 aliphatic heterocycles. The van der Waals surface area contributed by atoms with Gasteiger partial charge in [-0.3, -0.25) is 0 Å². The zero-order chi connectivity index (χ0) is 37.8. The first-order valence-corrected chi connectivity index (χ1v) is 21.3. The van der Waals surface area contributed by atoms with Crippen LogP contribution < -0.4 is 10.5 Å². The molecule has 2 N–H and O–H groups in total. The molecule has 4 aromatic carbocycles. The third-order valence-electron chi connectivity index (χ3n) is 9.06. The Labute approximate surface area is 290 Å². The minimum atomic E-state index is -6.33. The molecule has 0 amide bonds. The number of halogens is 9. The Bertz CT molecular complexity index is 1690. The van der Waals surface area contributed by atoms with Crippen molar-refractivity contribution in [2.75, 3.05) is 0 Å². The summed E-state index contributed by atoms with van der Waals surface area (Å²) in [6.07, 6.45) is -18.1. The van der Waals surface area contributed by atoms with Gasteiger partial charge in [-0.1, -0.05) is 0 Å². The molecule has 1 unspecified atom stereocenters. The van der Waals surface area contributed by atoms with E-state index in [0.29, 0.717) is 17.2 Å². The summed E-state index contributed by atoms with van der Waals surface area (Å²) in [6.45, 7) is 11.2. The molecule has 1 atom stereocenters. The van der Waals surface area contributed by atoms with Gasteiger partial charge in [0.05, 0.1) is 0 Å². The molecule has 0 saturated carbocycles. The van der Waals surface area contributed by atoms with Crippen molar-refractivity contribution in [1.82, 2.24) is 0 Å². The van der Waals surface area contributed by atoms with Crippen molar-refractivity contribution in [3.8, 4) is 0 Å². The summed E-state index contributed by atoms with van der Waals surface area (Å²) >= 11 is -6.00. The van der Waals surface area contributed by atoms with Crippen LogP contribution in [0.4, 0.5) is 39.5 Å². The Hall–Kier alpha value is -3.01. The number of rotatable bonds is 7. The van der Waals surface area contributed by atoms with Crippen LogP contribution in [0.1, 0.15) is 63.8 Å². The van der Waals surface area contributed by atoms with Gasteiger partial charge >= 0.3 is 291 Å². The van der Waals surface area contributed by atoms with Gasteiger partial charge in [0, 0.05) is 0 Å². The Morgan fingerprint density at radius 3 is 1.20 bits per heavy atom. The van der Waals surface area contributed by atoms with Crippen LogP contribution in [-0.2, 0) is 22.0 Å². The van der Waals surface area contributed by atoms with Gasteiger partial charge in [-0.15, -0.1) is 0 Å². The number of aliphatic hydroxyl groups is 2. The molecule has 1 radical (unpaired) electrons. The Balaban J connectivity index is 2.30. The van der Waals surface area contributed by atoms with Crippen LogP contribution in [0.25, 0.3) is 0 Å². The zero-order valence-corrected chi connectivity index (χ0v) is 30.8. The second-order valence-corrected chi connectivity index (χ2v) is 24.4. The summed E-state index contributed by atoms with van der Waals surface area (Å²) in [6, 6.07) is 21.4. The SMILES string of the molecule is CC(C)(C)c1cc[c]([Sb]([CH2]C(O)(c2ccccc2)C(F)(F)F)([c]2ccc(C(C)(C)C)cc2)[c]2ccccc2C(O)(C(F)(F)F)C(F)(F)F)cc1. The molecule has 0 aromatic heterocycles. The van der Waals surface area contributed by atoms with Crippen molar-refractivity contribution in [2.45, 2.75) is 86.5 Å². The molecule has 12 heteroatoms. The predicted molar refractivity (Wildman–Crippen MR) is 179 cm³/mol. The Morgan fingerprint density at radius 2 is 0.840 bits per heavy atom. The first kappa shape index (κ1) is 39.8. The van der Waals surface area contributed by atoms with E-state index in [9.17, 15) is 36.6 Å². The topological polar surface area (TPSA) is 40.5 Å². The average Bonchev–Trinajstić information content (AvgIpc) is 3.01. The predicted octanol–water partition coefficient (Wildman–Crippen LogP) is 8.51. The van der Waals surface area contributed by atoms with Crippen LogP contribution in [0.5, 0.6) is 0 Å². The van der Waals surface area contributed by atoms with Crippen molar-refractivity contribution in [2.24, 2.45) is 0 Å². The van der Waals surface area contributed by atoms with Crippen LogP contribution in [0, 0.1) is 0 Å². The summed E-state index contributed by atoms with van der Waals surface area (Å²) in [5.41, 5.74) is -11.0. The van der Waals surface area contributed by atoms with E-state index < -0.39 is 78.4 Å². The molecule has 271 valence electrons. The van der Waals surface area contributed by atoms with Gasteiger partial charge in [-0.2, -0.15) is 0 Å². The third-order valence-corrected chi connectivity index (χ3v) is 21.9. The standard InChI is InChI=1S/2C10H13.C9H5F6O.C9H8F3O.Sb/c2*1-10(2,3)9-7-5-4-6-8-9;10-8(11,12)7(16,9(13,14)15)6-4-2-1-3-5-6;1-8(13,9(10,11)12)7-5-3-2-4-6-7;/h2*5-8H,1-3H3;1-4,16H;2-6,13H,1H2;. The molecule has 0 saturated heterocycles. The van der Waals surface area contributed by atoms with Gasteiger partial charge in [0.15, 0.2) is 0 Å². The molecule has 4 rings (SSSR count). The summed E-state index contributed by atoms with van der Waals surface area (Å²) in [5.74, 6) is 0. The van der Waals surface area contributed by atoms with E-state index in [2.05, 4.69) is 0 Å². The quantitative estimate of drug-likeness (QED) is 0.145. The van der Waals surface area contributed by atoms with Crippen molar-refractivity contribution in [3.05, 3.63) is 125 Å². The first-order chi connectivity index (χ1) is 22.7. The molecule has 0 aliphatic carbocycles. The average molecular weight is 820 g/mol. The van der Waals surface area contributed by atoms with Crippen molar-refractivity contribution in [3.63, 3.8) is 0 Å². The number of hydrogen-bond donors (Lipinski definition) is 2. The number of alkyl halides is 9. The van der Waals surface area contributed by atoms with E-state index in [1.54, 1.807) is 24.3 Å². The number of benzene rings is 4. The van der Waals surface area contributed by atoms with Gasteiger partial charge in [-0.05, 0) is 0 Å². The van der Waals surface area contributed by atoms with Gasteiger partial charge in [0.25, 0.3) is 0 Å². The summed E-state index contributed by atoms with van der Waals surface area (Å²) < 4.78 is 132. The number of hydrogen-bond acceptors (Lipinski definition) is 2. The second-order valence-electron chi connectivity index (χ2n) is 14.5. The van der Waals surface area contributed by atoms with Gasteiger partial charge < -0.3 is 0 Å². The molecule has 4 aromatic rings. The fourth-order valence-corrected chi connectivity index (χ4v) is 19.6. The zero-order valence-electron chi connectivity index (χ0n) is 28.3. The van der Waals surface area contributed by atoms with Crippen molar-refractivity contribution < 1.29 is 49.7 Å². The third kappa shape index (κ3) is 7.07. The summed E-state index contributed by atoms with van der Waals surface area (Å²) in [4.78, 5) is 0. The maximum atomic E-state index is 15.4. The summed E-state index contributed by atoms with van der Waals surface area (Å²) in [7, 11) is 0. The molecule has 50 heavy (non-hydrogen) atoms. The molecule has 0 fully saturated rings. The molecule has 0 heterocycles. The Morgan fingerprint density at radius 1 is 0.460 bits per heavy atom. The van der Waals surface area contributed by atoms with E-state index >= 15 is 13.2 Å². The van der Waals surface area contributed by atoms with E-state index in [1.807, 2.05) is 41.5 Å². The maximum absolute atomic E-state index is 15.4. The van der Waals surface area contributed by atoms with Crippen LogP contribution >= 0.6 is 0 Å². The molecule has 0 bridgehead atoms. The monoisotopic (exact) mass is 819 g/mol.